The summed E-state index contributed by atoms with van der Waals surface area (Å²) in [5.41, 5.74) is -1.43. The van der Waals surface area contributed by atoms with Crippen LogP contribution in [-0.2, 0) is 25.5 Å². The summed E-state index contributed by atoms with van der Waals surface area (Å²) in [4.78, 5) is 53.7. The molecule has 13 nitrogen and oxygen atoms in total. The molecule has 4 unspecified atom stereocenters. The Labute approximate surface area is 203 Å². The van der Waals surface area contributed by atoms with Crippen LogP contribution in [0.4, 0.5) is 25.5 Å². The summed E-state index contributed by atoms with van der Waals surface area (Å²) in [6.45, 7) is 3.81. The summed E-state index contributed by atoms with van der Waals surface area (Å²) >= 11 is 0. The molecule has 3 fully saturated rings. The molecule has 4 aliphatic heterocycles. The minimum absolute atomic E-state index is 0.0575. The van der Waals surface area contributed by atoms with Crippen LogP contribution in [0.2, 0.25) is 0 Å². The molecule has 6 rings (SSSR count). The van der Waals surface area contributed by atoms with Gasteiger partial charge in [0.05, 0.1) is 35.9 Å². The van der Waals surface area contributed by atoms with Crippen LogP contribution >= 0.6 is 0 Å². The van der Waals surface area contributed by atoms with Gasteiger partial charge in [-0.2, -0.15) is 0 Å². The molecule has 0 aliphatic carbocycles. The first-order chi connectivity index (χ1) is 17.1. The number of morpholine rings is 1. The maximum Gasteiger partial charge on any atom is 0.417 e. The number of ether oxygens (including phenoxy) is 2. The van der Waals surface area contributed by atoms with Gasteiger partial charge in [0.1, 0.15) is 0 Å². The fourth-order valence-corrected chi connectivity index (χ4v) is 5.92. The van der Waals surface area contributed by atoms with Crippen LogP contribution in [0.25, 0.3) is 11.0 Å². The normalized spacial score (nSPS) is 29.2. The average Bonchev–Trinajstić information content (AvgIpc) is 3.39. The average molecular weight is 502 g/mol. The van der Waals surface area contributed by atoms with Crippen LogP contribution in [0.3, 0.4) is 0 Å². The smallest absolute Gasteiger partial charge is 0.417 e. The van der Waals surface area contributed by atoms with E-state index in [4.69, 9.17) is 14.0 Å². The molecule has 4 atom stereocenters. The minimum Gasteiger partial charge on any atom is -0.428 e. The van der Waals surface area contributed by atoms with Crippen molar-refractivity contribution in [3.8, 4) is 0 Å². The molecule has 1 spiro atoms. The van der Waals surface area contributed by atoms with E-state index in [1.165, 1.54) is 4.90 Å². The quantitative estimate of drug-likeness (QED) is 0.490. The first kappa shape index (κ1) is 22.7. The van der Waals surface area contributed by atoms with Crippen molar-refractivity contribution in [1.82, 2.24) is 21.1 Å². The van der Waals surface area contributed by atoms with Gasteiger partial charge in [0.25, 0.3) is 0 Å². The van der Waals surface area contributed by atoms with Gasteiger partial charge in [-0.05, 0) is 32.5 Å². The van der Waals surface area contributed by atoms with Gasteiger partial charge in [0.15, 0.2) is 23.3 Å². The predicted octanol–water partition coefficient (Wildman–Crippen LogP) is 0.360. The van der Waals surface area contributed by atoms with Gasteiger partial charge in [-0.25, -0.2) is 14.0 Å². The molecule has 1 aromatic heterocycles. The Morgan fingerprint density at radius 3 is 2.56 bits per heavy atom. The van der Waals surface area contributed by atoms with E-state index in [2.05, 4.69) is 21.1 Å². The first-order valence-corrected chi connectivity index (χ1v) is 11.5. The number of likely N-dealkylation sites (N-methyl/N-ethyl adjacent to an activating group) is 1. The van der Waals surface area contributed by atoms with Crippen LogP contribution in [0.5, 0.6) is 0 Å². The second kappa shape index (κ2) is 7.61. The van der Waals surface area contributed by atoms with Gasteiger partial charge >= 0.3 is 12.1 Å². The molecule has 5 heterocycles. The molecule has 3 saturated heterocycles. The number of benzene rings is 1. The van der Waals surface area contributed by atoms with Crippen molar-refractivity contribution in [2.75, 3.05) is 29.9 Å². The van der Waals surface area contributed by atoms with Crippen LogP contribution in [-0.4, -0.2) is 73.7 Å². The lowest BCUT2D eigenvalue weighted by molar-refractivity contribution is -0.153. The minimum atomic E-state index is -1.76. The number of carbonyl (C=O) groups excluding carboxylic acids is 4. The van der Waals surface area contributed by atoms with Crippen molar-refractivity contribution in [2.24, 2.45) is 5.41 Å². The zero-order chi connectivity index (χ0) is 25.5. The molecule has 36 heavy (non-hydrogen) atoms. The number of hydrogen-bond donors (Lipinski definition) is 3. The van der Waals surface area contributed by atoms with Crippen molar-refractivity contribution in [1.29, 1.82) is 0 Å². The van der Waals surface area contributed by atoms with E-state index in [0.29, 0.717) is 5.56 Å². The standard InChI is InChI=1S/C22H23FN6O7/c1-8-6-28-14-10(5-22(16(28)9(2)34-8)18(30)25-20(32)26-19(22)31)4-11-15(13(14)23)36-27-17(11)29-7-12(24-3)35-21(29)33/h4,8-9,12,16,24H,5-7H2,1-3H3,(H2,25,26,30,31,32). The number of anilines is 2. The highest BCUT2D eigenvalue weighted by Crippen LogP contribution is 2.49. The second-order valence-corrected chi connectivity index (χ2v) is 9.49. The third-order valence-electron chi connectivity index (χ3n) is 7.34. The molecule has 0 radical (unpaired) electrons. The van der Waals surface area contributed by atoms with Crippen molar-refractivity contribution in [3.63, 3.8) is 0 Å². The van der Waals surface area contributed by atoms with Gasteiger partial charge in [-0.3, -0.25) is 30.4 Å². The largest absolute Gasteiger partial charge is 0.428 e. The Balaban J connectivity index is 1.55. The van der Waals surface area contributed by atoms with Crippen LogP contribution in [0.15, 0.2) is 10.6 Å². The monoisotopic (exact) mass is 502 g/mol. The molecule has 4 aliphatic rings. The number of fused-ring (bicyclic) bond motifs is 5. The van der Waals surface area contributed by atoms with Crippen LogP contribution in [0.1, 0.15) is 19.4 Å². The number of nitrogens with zero attached hydrogens (tertiary/aromatic N) is 3. The number of nitrogens with one attached hydrogen (secondary N) is 3. The van der Waals surface area contributed by atoms with Crippen molar-refractivity contribution in [2.45, 2.75) is 44.7 Å². The van der Waals surface area contributed by atoms with E-state index in [-0.39, 0.29) is 48.1 Å². The SMILES string of the molecule is CNC1CN(c2noc3c(F)c4c(cc23)CC2(C(=O)NC(=O)NC2=O)C2C(C)OC(C)CN42)C(=O)O1. The third kappa shape index (κ3) is 2.91. The Hall–Kier alpha value is -3.78. The molecule has 0 bridgehead atoms. The lowest BCUT2D eigenvalue weighted by Gasteiger charge is -2.55. The van der Waals surface area contributed by atoms with Crippen molar-refractivity contribution >= 4 is 46.4 Å². The van der Waals surface area contributed by atoms with E-state index in [1.54, 1.807) is 31.9 Å². The molecule has 3 N–H and O–H groups in total. The van der Waals surface area contributed by atoms with E-state index in [0.717, 1.165) is 0 Å². The number of rotatable bonds is 2. The lowest BCUT2D eigenvalue weighted by atomic mass is 9.66. The lowest BCUT2D eigenvalue weighted by Crippen LogP contribution is -2.75. The molecule has 1 aromatic carbocycles. The van der Waals surface area contributed by atoms with E-state index < -0.39 is 53.5 Å². The van der Waals surface area contributed by atoms with Gasteiger partial charge in [0, 0.05) is 13.0 Å². The highest BCUT2D eigenvalue weighted by molar-refractivity contribution is 6.20. The number of cyclic esters (lactones) is 1. The summed E-state index contributed by atoms with van der Waals surface area (Å²) in [7, 11) is 1.63. The molecule has 190 valence electrons. The highest BCUT2D eigenvalue weighted by atomic mass is 19.1. The van der Waals surface area contributed by atoms with Crippen LogP contribution < -0.4 is 25.8 Å². The predicted molar refractivity (Wildman–Crippen MR) is 120 cm³/mol. The number of urea groups is 1. The zero-order valence-corrected chi connectivity index (χ0v) is 19.6. The van der Waals surface area contributed by atoms with Gasteiger partial charge in [0.2, 0.25) is 17.4 Å². The fourth-order valence-electron chi connectivity index (χ4n) is 5.92. The summed E-state index contributed by atoms with van der Waals surface area (Å²) in [5.74, 6) is -2.24. The Morgan fingerprint density at radius 1 is 1.17 bits per heavy atom. The number of halogens is 1. The van der Waals surface area contributed by atoms with E-state index >= 15 is 4.39 Å². The highest BCUT2D eigenvalue weighted by Gasteiger charge is 2.63. The summed E-state index contributed by atoms with van der Waals surface area (Å²) in [6.07, 6.45) is -2.46. The van der Waals surface area contributed by atoms with Crippen LogP contribution in [0, 0.1) is 11.2 Å². The molecular weight excluding hydrogens is 479 g/mol. The molecular formula is C22H23FN6O7. The number of carbonyl (C=O) groups is 4. The summed E-state index contributed by atoms with van der Waals surface area (Å²) in [5, 5.41) is 11.4. The number of aromatic nitrogens is 1. The Bertz CT molecular complexity index is 1320. The number of imide groups is 2. The molecule has 14 heteroatoms. The zero-order valence-electron chi connectivity index (χ0n) is 19.6. The summed E-state index contributed by atoms with van der Waals surface area (Å²) < 4.78 is 32.6. The number of amides is 5. The maximum absolute atomic E-state index is 16.1. The van der Waals surface area contributed by atoms with E-state index in [9.17, 15) is 19.2 Å². The molecule has 5 amide bonds. The Kier molecular flexibility index (Phi) is 4.79. The van der Waals surface area contributed by atoms with E-state index in [1.807, 2.05) is 0 Å². The third-order valence-corrected chi connectivity index (χ3v) is 7.34. The number of hydrogen-bond acceptors (Lipinski definition) is 10. The van der Waals surface area contributed by atoms with Crippen molar-refractivity contribution in [3.05, 3.63) is 17.4 Å². The molecule has 2 aromatic rings. The second-order valence-electron chi connectivity index (χ2n) is 9.49. The number of barbiturate groups is 1. The van der Waals surface area contributed by atoms with Gasteiger partial charge in [-0.1, -0.05) is 5.16 Å². The topological polar surface area (TPSA) is 155 Å². The first-order valence-electron chi connectivity index (χ1n) is 11.5. The van der Waals surface area contributed by atoms with Crippen molar-refractivity contribution < 1.29 is 37.6 Å². The van der Waals surface area contributed by atoms with Gasteiger partial charge < -0.3 is 18.9 Å². The maximum atomic E-state index is 16.1. The van der Waals surface area contributed by atoms with Gasteiger partial charge in [-0.15, -0.1) is 0 Å². The Morgan fingerprint density at radius 2 is 1.89 bits per heavy atom. The fraction of sp³-hybridized carbons (Fsp3) is 0.500. The summed E-state index contributed by atoms with van der Waals surface area (Å²) in [6, 6.07) is -0.242. The molecule has 0 saturated carbocycles.